The Kier molecular flexibility index (Phi) is 13.4. The summed E-state index contributed by atoms with van der Waals surface area (Å²) in [6.07, 6.45) is 1.70. The number of ether oxygens (including phenoxy) is 2. The molecule has 1 unspecified atom stereocenters. The van der Waals surface area contributed by atoms with Gasteiger partial charge in [-0.3, -0.25) is 29.2 Å². The molecular weight excluding hydrogens is 891 g/mol. The molecule has 4 amide bonds. The molecule has 15 nitrogen and oxygen atoms in total. The molecule has 8 rings (SSSR count). The predicted octanol–water partition coefficient (Wildman–Crippen LogP) is 7.97. The van der Waals surface area contributed by atoms with Crippen LogP contribution in [0, 0.1) is 26.6 Å². The van der Waals surface area contributed by atoms with Crippen LogP contribution in [0.4, 0.5) is 4.39 Å². The largest absolute Gasteiger partial charge is 0.493 e. The van der Waals surface area contributed by atoms with Crippen LogP contribution >= 0.6 is 11.6 Å². The Hall–Kier alpha value is -7.07. The Morgan fingerprint density at radius 1 is 0.956 bits per heavy atom. The van der Waals surface area contributed by atoms with Crippen LogP contribution in [0.5, 0.6) is 5.75 Å². The number of para-hydroxylation sites is 1. The summed E-state index contributed by atoms with van der Waals surface area (Å²) in [7, 11) is 1.87. The highest BCUT2D eigenvalue weighted by Crippen LogP contribution is 2.42. The Balaban J connectivity index is 1.06. The highest BCUT2D eigenvalue weighted by Gasteiger charge is 2.32. The molecule has 17 heteroatoms. The summed E-state index contributed by atoms with van der Waals surface area (Å²) >= 11 is 7.15. The molecule has 3 N–H and O–H groups in total. The number of hydrogen-bond donors (Lipinski definition) is 3. The summed E-state index contributed by atoms with van der Waals surface area (Å²) in [5.41, 5.74) is 5.50. The van der Waals surface area contributed by atoms with Gasteiger partial charge in [0.2, 0.25) is 17.7 Å². The third kappa shape index (κ3) is 9.68. The number of halogens is 2. The lowest BCUT2D eigenvalue weighted by Gasteiger charge is -2.21. The van der Waals surface area contributed by atoms with E-state index in [0.29, 0.717) is 65.7 Å². The number of amides is 4. The van der Waals surface area contributed by atoms with E-state index in [1.807, 2.05) is 76.6 Å². The van der Waals surface area contributed by atoms with Crippen molar-refractivity contribution < 1.29 is 37.8 Å². The van der Waals surface area contributed by atoms with Crippen molar-refractivity contribution in [3.05, 3.63) is 112 Å². The van der Waals surface area contributed by atoms with Crippen LogP contribution in [0.1, 0.15) is 90.1 Å². The molecule has 0 spiro atoms. The number of aromatic nitrogens is 5. The number of aryl methyl sites for hydroxylation is 5. The number of rotatable bonds is 15. The zero-order valence-corrected chi connectivity index (χ0v) is 39.9. The number of carbonyl (C=O) groups is 5. The number of piperidine rings is 1. The Morgan fingerprint density at radius 3 is 2.46 bits per heavy atom. The van der Waals surface area contributed by atoms with Gasteiger partial charge in [0.15, 0.2) is 0 Å². The first-order valence-electron chi connectivity index (χ1n) is 22.7. The monoisotopic (exact) mass is 944 g/mol. The van der Waals surface area contributed by atoms with Crippen molar-refractivity contribution in [2.24, 2.45) is 7.05 Å². The van der Waals surface area contributed by atoms with Crippen LogP contribution in [0.25, 0.3) is 43.8 Å². The first kappa shape index (κ1) is 47.4. The standard InChI is InChI=1S/C51H54ClFN8O7/c1-28-43(29(2)59(7)58-28)44-37(52)20-19-35-34(14-10-25-67-40-16-8-12-31-26-32(53)17-18-33(31)40)47(50(66)68-51(4,5)6)60(46(35)44)24-11-23-54-42(63)27-61-30(3)55-45-36(13-9-15-39(45)61)48(64)56-38-21-22-41(62)57-49(38)65/h8-9,12-13,15-20,26,38H,10-11,14,21-25,27H2,1-7H3,(H,54,63)(H,56,64)(H,57,62,65). The molecule has 1 saturated heterocycles. The number of esters is 1. The molecule has 0 saturated carbocycles. The van der Waals surface area contributed by atoms with E-state index >= 15 is 0 Å². The van der Waals surface area contributed by atoms with Gasteiger partial charge in [-0.05, 0) is 121 Å². The number of nitrogens with zero attached hydrogens (tertiary/aromatic N) is 5. The number of carbonyl (C=O) groups excluding carboxylic acids is 5. The number of hydrogen-bond acceptors (Lipinski definition) is 9. The molecule has 3 aromatic heterocycles. The van der Waals surface area contributed by atoms with Crippen molar-refractivity contribution >= 4 is 73.9 Å². The molecule has 354 valence electrons. The molecule has 1 atom stereocenters. The Labute approximate surface area is 397 Å². The Bertz CT molecular complexity index is 3160. The van der Waals surface area contributed by atoms with Crippen LogP contribution in [-0.2, 0) is 45.7 Å². The van der Waals surface area contributed by atoms with Crippen LogP contribution in [0.2, 0.25) is 5.02 Å². The molecule has 1 fully saturated rings. The molecule has 68 heavy (non-hydrogen) atoms. The number of benzene rings is 4. The van der Waals surface area contributed by atoms with Crippen molar-refractivity contribution in [2.45, 2.75) is 98.4 Å². The fourth-order valence-corrected chi connectivity index (χ4v) is 9.31. The smallest absolute Gasteiger partial charge is 0.355 e. The van der Waals surface area contributed by atoms with E-state index in [2.05, 4.69) is 20.9 Å². The summed E-state index contributed by atoms with van der Waals surface area (Å²) < 4.78 is 31.9. The van der Waals surface area contributed by atoms with E-state index < -0.39 is 29.4 Å². The number of nitrogens with one attached hydrogen (secondary N) is 3. The van der Waals surface area contributed by atoms with E-state index in [4.69, 9.17) is 26.2 Å². The van der Waals surface area contributed by atoms with E-state index in [-0.39, 0.29) is 49.1 Å². The van der Waals surface area contributed by atoms with Crippen LogP contribution in [0.15, 0.2) is 66.7 Å². The molecule has 4 heterocycles. The second-order valence-corrected chi connectivity index (χ2v) is 18.5. The SMILES string of the molecule is Cc1nn(C)c(C)c1-c1c(Cl)ccc2c(CCCOc3cccc4cc(F)ccc34)c(C(=O)OC(C)(C)C)n(CCCNC(=O)Cn3c(C)nc4c(C(=O)NC5CCC(=O)NC5=O)cccc43)c12. The lowest BCUT2D eigenvalue weighted by Crippen LogP contribution is -2.52. The number of imide groups is 1. The number of fused-ring (bicyclic) bond motifs is 3. The minimum Gasteiger partial charge on any atom is -0.493 e. The first-order valence-corrected chi connectivity index (χ1v) is 23.0. The third-order valence-electron chi connectivity index (χ3n) is 12.2. The summed E-state index contributed by atoms with van der Waals surface area (Å²) in [5.74, 6) is -1.44. The van der Waals surface area contributed by atoms with Crippen molar-refractivity contribution in [2.75, 3.05) is 13.2 Å². The van der Waals surface area contributed by atoms with Gasteiger partial charge in [-0.1, -0.05) is 35.9 Å². The topological polar surface area (TPSA) is 180 Å². The van der Waals surface area contributed by atoms with E-state index in [9.17, 15) is 28.4 Å². The van der Waals surface area contributed by atoms with Crippen LogP contribution in [0.3, 0.4) is 0 Å². The van der Waals surface area contributed by atoms with Gasteiger partial charge in [-0.25, -0.2) is 14.2 Å². The van der Waals surface area contributed by atoms with Crippen LogP contribution in [-0.4, -0.2) is 78.3 Å². The van der Waals surface area contributed by atoms with Crippen molar-refractivity contribution in [3.8, 4) is 16.9 Å². The molecule has 7 aromatic rings. The number of imidazole rings is 1. The van der Waals surface area contributed by atoms with Gasteiger partial charge in [0.25, 0.3) is 5.91 Å². The van der Waals surface area contributed by atoms with Gasteiger partial charge in [0, 0.05) is 54.2 Å². The maximum Gasteiger partial charge on any atom is 0.355 e. The second-order valence-electron chi connectivity index (χ2n) is 18.1. The van der Waals surface area contributed by atoms with Gasteiger partial charge in [-0.2, -0.15) is 5.10 Å². The average Bonchev–Trinajstić information content (AvgIpc) is 3.86. The van der Waals surface area contributed by atoms with E-state index in [1.54, 1.807) is 40.4 Å². The van der Waals surface area contributed by atoms with Crippen molar-refractivity contribution in [1.82, 2.24) is 39.8 Å². The van der Waals surface area contributed by atoms with Crippen LogP contribution < -0.4 is 20.7 Å². The molecule has 0 radical (unpaired) electrons. The molecular formula is C51H54ClFN8O7. The molecule has 4 aromatic carbocycles. The summed E-state index contributed by atoms with van der Waals surface area (Å²) in [6.45, 7) is 11.9. The summed E-state index contributed by atoms with van der Waals surface area (Å²) in [5, 5.41) is 15.5. The molecule has 0 aliphatic carbocycles. The van der Waals surface area contributed by atoms with Gasteiger partial charge >= 0.3 is 5.97 Å². The van der Waals surface area contributed by atoms with Crippen molar-refractivity contribution in [1.29, 1.82) is 0 Å². The minimum atomic E-state index is -0.858. The van der Waals surface area contributed by atoms with Gasteiger partial charge in [0.1, 0.15) is 46.8 Å². The summed E-state index contributed by atoms with van der Waals surface area (Å²) in [6, 6.07) is 18.1. The van der Waals surface area contributed by atoms with Crippen molar-refractivity contribution in [3.63, 3.8) is 0 Å². The first-order chi connectivity index (χ1) is 32.4. The lowest BCUT2D eigenvalue weighted by atomic mass is 9.98. The van der Waals surface area contributed by atoms with Gasteiger partial charge in [0.05, 0.1) is 33.9 Å². The average molecular weight is 945 g/mol. The summed E-state index contributed by atoms with van der Waals surface area (Å²) in [4.78, 5) is 70.2. The van der Waals surface area contributed by atoms with E-state index in [1.165, 1.54) is 12.1 Å². The molecule has 1 aliphatic rings. The fourth-order valence-electron chi connectivity index (χ4n) is 9.06. The highest BCUT2D eigenvalue weighted by atomic mass is 35.5. The quantitative estimate of drug-likeness (QED) is 0.0522. The highest BCUT2D eigenvalue weighted by molar-refractivity contribution is 6.35. The third-order valence-corrected chi connectivity index (χ3v) is 12.5. The predicted molar refractivity (Wildman–Crippen MR) is 257 cm³/mol. The maximum absolute atomic E-state index is 14.5. The fraction of sp³-hybridized carbons (Fsp3) is 0.353. The minimum absolute atomic E-state index is 0.0860. The lowest BCUT2D eigenvalue weighted by molar-refractivity contribution is -0.134. The Morgan fingerprint density at radius 2 is 1.72 bits per heavy atom. The zero-order chi connectivity index (χ0) is 48.6. The normalized spacial score (nSPS) is 14.2. The van der Waals surface area contributed by atoms with E-state index in [0.717, 1.165) is 49.8 Å². The maximum atomic E-state index is 14.5. The second kappa shape index (κ2) is 19.3. The van der Waals surface area contributed by atoms with Gasteiger partial charge < -0.3 is 29.2 Å². The van der Waals surface area contributed by atoms with Gasteiger partial charge in [-0.15, -0.1) is 0 Å². The molecule has 1 aliphatic heterocycles. The molecule has 0 bridgehead atoms. The zero-order valence-electron chi connectivity index (χ0n) is 39.1.